The van der Waals surface area contributed by atoms with Gasteiger partial charge in [-0.3, -0.25) is 4.79 Å². The van der Waals surface area contributed by atoms with Crippen LogP contribution >= 0.6 is 27.5 Å². The molecule has 0 unspecified atom stereocenters. The van der Waals surface area contributed by atoms with Crippen LogP contribution in [0, 0.1) is 5.82 Å². The normalized spacial score (nSPS) is 17.8. The number of nitrogens with zero attached hydrogens (tertiary/aromatic N) is 1. The first-order chi connectivity index (χ1) is 11.1. The molecule has 1 heterocycles. The molecule has 1 aliphatic heterocycles. The molecule has 1 aliphatic rings. The van der Waals surface area contributed by atoms with Crippen molar-refractivity contribution in [3.63, 3.8) is 0 Å². The summed E-state index contributed by atoms with van der Waals surface area (Å²) in [4.78, 5) is 25.8. The van der Waals surface area contributed by atoms with Gasteiger partial charge in [-0.15, -0.1) is 0 Å². The van der Waals surface area contributed by atoms with Crippen molar-refractivity contribution in [1.29, 1.82) is 0 Å². The van der Waals surface area contributed by atoms with Gasteiger partial charge in [0, 0.05) is 23.1 Å². The summed E-state index contributed by atoms with van der Waals surface area (Å²) in [6, 6.07) is 2.41. The van der Waals surface area contributed by atoms with Crippen molar-refractivity contribution in [2.24, 2.45) is 0 Å². The molecule has 0 bridgehead atoms. The van der Waals surface area contributed by atoms with Gasteiger partial charge in [-0.1, -0.05) is 11.6 Å². The quantitative estimate of drug-likeness (QED) is 0.735. The molecule has 0 radical (unpaired) electrons. The molecule has 1 atom stereocenters. The van der Waals surface area contributed by atoms with Crippen molar-refractivity contribution >= 4 is 39.5 Å². The molecule has 8 heteroatoms. The lowest BCUT2D eigenvalue weighted by molar-refractivity contribution is 0.0502. The van der Waals surface area contributed by atoms with E-state index in [1.807, 2.05) is 0 Å². The summed E-state index contributed by atoms with van der Waals surface area (Å²) in [5, 5.41) is 2.69. The van der Waals surface area contributed by atoms with Crippen LogP contribution in [0.4, 0.5) is 9.18 Å². The average Bonchev–Trinajstić information content (AvgIpc) is 2.89. The Kier molecular flexibility index (Phi) is 5.75. The standard InChI is InChI=1S/C16H19BrClFN2O3/c1-16(2,3)24-15(23)20-10-4-5-21(8-10)14(22)9-6-11(17)13(18)12(19)7-9/h6-7,10H,4-5,8H2,1-3H3,(H,20,23)/t10-/m1/s1. The summed E-state index contributed by atoms with van der Waals surface area (Å²) in [7, 11) is 0. The molecule has 1 aromatic carbocycles. The van der Waals surface area contributed by atoms with Gasteiger partial charge in [-0.2, -0.15) is 0 Å². The van der Waals surface area contributed by atoms with Crippen LogP contribution in [0.2, 0.25) is 5.02 Å². The number of likely N-dealkylation sites (tertiary alicyclic amines) is 1. The van der Waals surface area contributed by atoms with Gasteiger partial charge in [0.05, 0.1) is 11.1 Å². The number of carbonyl (C=O) groups excluding carboxylic acids is 2. The molecule has 1 saturated heterocycles. The Morgan fingerprint density at radius 2 is 2.08 bits per heavy atom. The van der Waals surface area contributed by atoms with Gasteiger partial charge >= 0.3 is 6.09 Å². The Balaban J connectivity index is 1.98. The number of carbonyl (C=O) groups is 2. The second kappa shape index (κ2) is 7.27. The molecular formula is C16H19BrClFN2O3. The molecule has 24 heavy (non-hydrogen) atoms. The molecule has 0 saturated carbocycles. The summed E-state index contributed by atoms with van der Waals surface area (Å²) in [5.41, 5.74) is -0.368. The maximum Gasteiger partial charge on any atom is 0.407 e. The first-order valence-electron chi connectivity index (χ1n) is 7.50. The number of benzene rings is 1. The Morgan fingerprint density at radius 3 is 2.67 bits per heavy atom. The monoisotopic (exact) mass is 420 g/mol. The van der Waals surface area contributed by atoms with Crippen molar-refractivity contribution in [3.05, 3.63) is 33.0 Å². The van der Waals surface area contributed by atoms with Gasteiger partial charge < -0.3 is 15.0 Å². The fraction of sp³-hybridized carbons (Fsp3) is 0.500. The van der Waals surface area contributed by atoms with Crippen LogP contribution in [0.25, 0.3) is 0 Å². The van der Waals surface area contributed by atoms with E-state index in [1.54, 1.807) is 25.7 Å². The lowest BCUT2D eigenvalue weighted by atomic mass is 10.2. The highest BCUT2D eigenvalue weighted by Crippen LogP contribution is 2.28. The summed E-state index contributed by atoms with van der Waals surface area (Å²) < 4.78 is 19.2. The second-order valence-electron chi connectivity index (χ2n) is 6.64. The van der Waals surface area contributed by atoms with Gasteiger partial charge in [0.2, 0.25) is 0 Å². The van der Waals surface area contributed by atoms with Gasteiger partial charge in [-0.25, -0.2) is 9.18 Å². The molecule has 5 nitrogen and oxygen atoms in total. The average molecular weight is 422 g/mol. The lowest BCUT2D eigenvalue weighted by Gasteiger charge is -2.22. The molecule has 1 fully saturated rings. The first-order valence-corrected chi connectivity index (χ1v) is 8.67. The highest BCUT2D eigenvalue weighted by molar-refractivity contribution is 9.10. The van der Waals surface area contributed by atoms with Crippen molar-refractivity contribution in [2.75, 3.05) is 13.1 Å². The second-order valence-corrected chi connectivity index (χ2v) is 7.87. The van der Waals surface area contributed by atoms with Gasteiger partial charge in [-0.05, 0) is 55.3 Å². The Morgan fingerprint density at radius 1 is 1.42 bits per heavy atom. The summed E-state index contributed by atoms with van der Waals surface area (Å²) in [6.07, 6.45) is 0.101. The Hall–Kier alpha value is -1.34. The number of halogens is 3. The maximum absolute atomic E-state index is 13.7. The number of rotatable bonds is 2. The number of alkyl carbamates (subject to hydrolysis) is 1. The number of ether oxygens (including phenoxy) is 1. The van der Waals surface area contributed by atoms with Crippen molar-refractivity contribution in [1.82, 2.24) is 10.2 Å². The van der Waals surface area contributed by atoms with Crippen molar-refractivity contribution in [3.8, 4) is 0 Å². The minimum atomic E-state index is -0.656. The molecule has 2 rings (SSSR count). The molecular weight excluding hydrogens is 403 g/mol. The van der Waals surface area contributed by atoms with E-state index in [9.17, 15) is 14.0 Å². The number of nitrogens with one attached hydrogen (secondary N) is 1. The molecule has 1 N–H and O–H groups in total. The molecule has 0 spiro atoms. The third kappa shape index (κ3) is 4.83. The molecule has 132 valence electrons. The van der Waals surface area contributed by atoms with Crippen LogP contribution in [-0.4, -0.2) is 41.6 Å². The van der Waals surface area contributed by atoms with E-state index in [0.717, 1.165) is 6.07 Å². The van der Waals surface area contributed by atoms with Gasteiger partial charge in [0.25, 0.3) is 5.91 Å². The lowest BCUT2D eigenvalue weighted by Crippen LogP contribution is -2.41. The first kappa shape index (κ1) is 19.0. The van der Waals surface area contributed by atoms with E-state index in [-0.39, 0.29) is 22.5 Å². The zero-order valence-corrected chi connectivity index (χ0v) is 16.0. The smallest absolute Gasteiger partial charge is 0.407 e. The minimum absolute atomic E-state index is 0.0579. The van der Waals surface area contributed by atoms with Crippen LogP contribution in [0.5, 0.6) is 0 Å². The van der Waals surface area contributed by atoms with E-state index in [0.29, 0.717) is 24.0 Å². The topological polar surface area (TPSA) is 58.6 Å². The number of amides is 2. The molecule has 1 aromatic rings. The predicted molar refractivity (Wildman–Crippen MR) is 92.8 cm³/mol. The fourth-order valence-corrected chi connectivity index (χ4v) is 2.94. The maximum atomic E-state index is 13.7. The zero-order chi connectivity index (χ0) is 18.1. The SMILES string of the molecule is CC(C)(C)OC(=O)N[C@@H]1CCN(C(=O)c2cc(F)c(Cl)c(Br)c2)C1. The van der Waals surface area contributed by atoms with Crippen LogP contribution in [0.1, 0.15) is 37.6 Å². The van der Waals surface area contributed by atoms with E-state index < -0.39 is 17.5 Å². The van der Waals surface area contributed by atoms with E-state index in [4.69, 9.17) is 16.3 Å². The van der Waals surface area contributed by atoms with Crippen LogP contribution in [0.3, 0.4) is 0 Å². The molecule has 2 amide bonds. The number of hydrogen-bond donors (Lipinski definition) is 1. The fourth-order valence-electron chi connectivity index (χ4n) is 2.40. The van der Waals surface area contributed by atoms with Crippen LogP contribution in [0.15, 0.2) is 16.6 Å². The summed E-state index contributed by atoms with van der Waals surface area (Å²) in [6.45, 7) is 6.17. The minimum Gasteiger partial charge on any atom is -0.444 e. The Labute approximate surface area is 153 Å². The van der Waals surface area contributed by atoms with E-state index >= 15 is 0 Å². The molecule has 0 aliphatic carbocycles. The largest absolute Gasteiger partial charge is 0.444 e. The van der Waals surface area contributed by atoms with Crippen LogP contribution in [-0.2, 0) is 4.74 Å². The van der Waals surface area contributed by atoms with Crippen molar-refractivity contribution < 1.29 is 18.7 Å². The van der Waals surface area contributed by atoms with Gasteiger partial charge in [0.1, 0.15) is 11.4 Å². The van der Waals surface area contributed by atoms with E-state index in [1.165, 1.54) is 6.07 Å². The van der Waals surface area contributed by atoms with E-state index in [2.05, 4.69) is 21.2 Å². The highest BCUT2D eigenvalue weighted by atomic mass is 79.9. The third-order valence-electron chi connectivity index (χ3n) is 3.43. The van der Waals surface area contributed by atoms with Crippen LogP contribution < -0.4 is 5.32 Å². The highest BCUT2D eigenvalue weighted by Gasteiger charge is 2.30. The third-order valence-corrected chi connectivity index (χ3v) is 4.66. The zero-order valence-electron chi connectivity index (χ0n) is 13.7. The number of hydrogen-bond acceptors (Lipinski definition) is 3. The molecule has 0 aromatic heterocycles. The Bertz CT molecular complexity index is 640. The predicted octanol–water partition coefficient (Wildman–Crippen LogP) is 3.98. The van der Waals surface area contributed by atoms with Crippen molar-refractivity contribution in [2.45, 2.75) is 38.8 Å². The summed E-state index contributed by atoms with van der Waals surface area (Å²) in [5.74, 6) is -0.961. The summed E-state index contributed by atoms with van der Waals surface area (Å²) >= 11 is 8.87. The van der Waals surface area contributed by atoms with Gasteiger partial charge in [0.15, 0.2) is 0 Å².